The van der Waals surface area contributed by atoms with Gasteiger partial charge in [-0.2, -0.15) is 0 Å². The summed E-state index contributed by atoms with van der Waals surface area (Å²) in [7, 11) is -1.96. The molecular weight excluding hydrogens is 276 g/mol. The number of nitrogens with one attached hydrogen (secondary N) is 2. The van der Waals surface area contributed by atoms with Crippen LogP contribution in [0.25, 0.3) is 0 Å². The van der Waals surface area contributed by atoms with E-state index in [1.54, 1.807) is 19.1 Å². The molecule has 0 spiro atoms. The highest BCUT2D eigenvalue weighted by Crippen LogP contribution is 2.18. The van der Waals surface area contributed by atoms with Gasteiger partial charge in [0.2, 0.25) is 10.0 Å². The zero-order valence-electron chi connectivity index (χ0n) is 10.2. The molecular formula is C11H15ClN2O3S. The van der Waals surface area contributed by atoms with Gasteiger partial charge >= 0.3 is 0 Å². The van der Waals surface area contributed by atoms with Crippen LogP contribution < -0.4 is 10.0 Å². The van der Waals surface area contributed by atoms with Crippen LogP contribution in [0.4, 0.5) is 5.69 Å². The summed E-state index contributed by atoms with van der Waals surface area (Å²) in [6.07, 6.45) is 0. The summed E-state index contributed by atoms with van der Waals surface area (Å²) >= 11 is 5.41. The molecule has 0 radical (unpaired) electrons. The standard InChI is InChI=1S/C11H15ClN2O3S/c1-8-3-4-9(11(15)13-2)7-10(8)14-18(16,17)6-5-12/h3-4,7,14H,5-6H2,1-2H3,(H,13,15). The molecule has 0 unspecified atom stereocenters. The highest BCUT2D eigenvalue weighted by atomic mass is 35.5. The maximum absolute atomic E-state index is 11.6. The van der Waals surface area contributed by atoms with Gasteiger partial charge < -0.3 is 5.32 Å². The van der Waals surface area contributed by atoms with Gasteiger partial charge in [-0.25, -0.2) is 8.42 Å². The van der Waals surface area contributed by atoms with Crippen LogP contribution in [-0.2, 0) is 10.0 Å². The van der Waals surface area contributed by atoms with Crippen LogP contribution in [0.1, 0.15) is 15.9 Å². The predicted octanol–water partition coefficient (Wildman–Crippen LogP) is 1.34. The molecule has 0 atom stereocenters. The molecule has 100 valence electrons. The molecule has 1 rings (SSSR count). The topological polar surface area (TPSA) is 75.3 Å². The van der Waals surface area contributed by atoms with Crippen molar-refractivity contribution in [3.63, 3.8) is 0 Å². The van der Waals surface area contributed by atoms with E-state index in [0.717, 1.165) is 5.56 Å². The van der Waals surface area contributed by atoms with Gasteiger partial charge in [0, 0.05) is 18.5 Å². The van der Waals surface area contributed by atoms with Gasteiger partial charge in [-0.1, -0.05) is 6.07 Å². The minimum absolute atomic E-state index is 0.0174. The lowest BCUT2D eigenvalue weighted by atomic mass is 10.1. The Labute approximate surface area is 112 Å². The quantitative estimate of drug-likeness (QED) is 0.804. The molecule has 1 aromatic carbocycles. The summed E-state index contributed by atoms with van der Waals surface area (Å²) in [6, 6.07) is 4.82. The fraction of sp³-hybridized carbons (Fsp3) is 0.364. The average molecular weight is 291 g/mol. The number of alkyl halides is 1. The number of benzene rings is 1. The number of carbonyl (C=O) groups is 1. The summed E-state index contributed by atoms with van der Waals surface area (Å²) in [6.45, 7) is 1.76. The molecule has 0 aliphatic rings. The van der Waals surface area contributed by atoms with Gasteiger partial charge in [0.25, 0.3) is 5.91 Å². The molecule has 1 aromatic rings. The first-order chi connectivity index (χ1) is 8.39. The monoisotopic (exact) mass is 290 g/mol. The number of sulfonamides is 1. The molecule has 1 amide bonds. The second kappa shape index (κ2) is 6.06. The zero-order valence-corrected chi connectivity index (χ0v) is 11.7. The van der Waals surface area contributed by atoms with Crippen LogP contribution in [0.15, 0.2) is 18.2 Å². The van der Waals surface area contributed by atoms with Crippen LogP contribution in [0.5, 0.6) is 0 Å². The van der Waals surface area contributed by atoms with Crippen LogP contribution in [-0.4, -0.2) is 33.0 Å². The summed E-state index contributed by atoms with van der Waals surface area (Å²) in [5.74, 6) is -0.422. The van der Waals surface area contributed by atoms with E-state index in [1.807, 2.05) is 0 Å². The van der Waals surface area contributed by atoms with E-state index >= 15 is 0 Å². The van der Waals surface area contributed by atoms with E-state index in [1.165, 1.54) is 13.1 Å². The second-order valence-electron chi connectivity index (χ2n) is 3.72. The van der Waals surface area contributed by atoms with Crippen LogP contribution in [0.3, 0.4) is 0 Å². The van der Waals surface area contributed by atoms with Crippen molar-refractivity contribution in [3.8, 4) is 0 Å². The Hall–Kier alpha value is -1.27. The normalized spacial score (nSPS) is 11.1. The maximum Gasteiger partial charge on any atom is 0.251 e. The Bertz CT molecular complexity index is 543. The number of anilines is 1. The van der Waals surface area contributed by atoms with Crippen molar-refractivity contribution >= 4 is 33.2 Å². The van der Waals surface area contributed by atoms with Gasteiger partial charge in [-0.3, -0.25) is 9.52 Å². The van der Waals surface area contributed by atoms with Gasteiger partial charge in [0.1, 0.15) is 0 Å². The van der Waals surface area contributed by atoms with Crippen molar-refractivity contribution in [1.29, 1.82) is 0 Å². The molecule has 5 nitrogen and oxygen atoms in total. The average Bonchev–Trinajstić information content (AvgIpc) is 2.30. The minimum Gasteiger partial charge on any atom is -0.355 e. The van der Waals surface area contributed by atoms with Crippen molar-refractivity contribution in [2.75, 3.05) is 23.4 Å². The van der Waals surface area contributed by atoms with Crippen LogP contribution in [0, 0.1) is 6.92 Å². The molecule has 0 saturated heterocycles. The number of hydrogen-bond acceptors (Lipinski definition) is 3. The molecule has 18 heavy (non-hydrogen) atoms. The first-order valence-electron chi connectivity index (χ1n) is 5.29. The lowest BCUT2D eigenvalue weighted by molar-refractivity contribution is 0.0963. The first-order valence-corrected chi connectivity index (χ1v) is 7.47. The highest BCUT2D eigenvalue weighted by Gasteiger charge is 2.13. The van der Waals surface area contributed by atoms with Crippen LogP contribution in [0.2, 0.25) is 0 Å². The second-order valence-corrected chi connectivity index (χ2v) is 5.94. The number of amides is 1. The van der Waals surface area contributed by atoms with E-state index in [9.17, 15) is 13.2 Å². The van der Waals surface area contributed by atoms with Crippen molar-refractivity contribution in [3.05, 3.63) is 29.3 Å². The Morgan fingerprint density at radius 2 is 2.06 bits per heavy atom. The largest absolute Gasteiger partial charge is 0.355 e. The molecule has 0 heterocycles. The van der Waals surface area contributed by atoms with E-state index in [0.29, 0.717) is 11.3 Å². The summed E-state index contributed by atoms with van der Waals surface area (Å²) in [4.78, 5) is 11.5. The fourth-order valence-corrected chi connectivity index (χ4v) is 2.81. The molecule has 0 aliphatic carbocycles. The van der Waals surface area contributed by atoms with Crippen molar-refractivity contribution in [2.24, 2.45) is 0 Å². The number of rotatable bonds is 5. The Morgan fingerprint density at radius 1 is 1.39 bits per heavy atom. The molecule has 0 saturated carbocycles. The summed E-state index contributed by atoms with van der Waals surface area (Å²) < 4.78 is 25.6. The Balaban J connectivity index is 3.05. The third kappa shape index (κ3) is 3.89. The van der Waals surface area contributed by atoms with E-state index < -0.39 is 10.0 Å². The third-order valence-electron chi connectivity index (χ3n) is 2.34. The highest BCUT2D eigenvalue weighted by molar-refractivity contribution is 7.92. The predicted molar refractivity (Wildman–Crippen MR) is 72.7 cm³/mol. The van der Waals surface area contributed by atoms with Crippen LogP contribution >= 0.6 is 11.6 Å². The van der Waals surface area contributed by atoms with E-state index in [-0.39, 0.29) is 17.5 Å². The Morgan fingerprint density at radius 3 is 2.61 bits per heavy atom. The zero-order chi connectivity index (χ0) is 13.8. The SMILES string of the molecule is CNC(=O)c1ccc(C)c(NS(=O)(=O)CCCl)c1. The lowest BCUT2D eigenvalue weighted by Gasteiger charge is -2.11. The molecule has 0 aliphatic heterocycles. The molecule has 2 N–H and O–H groups in total. The number of halogens is 1. The molecule has 0 aromatic heterocycles. The summed E-state index contributed by atoms with van der Waals surface area (Å²) in [5.41, 5.74) is 1.52. The van der Waals surface area contributed by atoms with E-state index in [4.69, 9.17) is 11.6 Å². The van der Waals surface area contributed by atoms with Crippen molar-refractivity contribution < 1.29 is 13.2 Å². The number of hydrogen-bond donors (Lipinski definition) is 2. The molecule has 0 bridgehead atoms. The van der Waals surface area contributed by atoms with Gasteiger partial charge in [-0.15, -0.1) is 11.6 Å². The van der Waals surface area contributed by atoms with Crippen molar-refractivity contribution in [2.45, 2.75) is 6.92 Å². The molecule has 0 fully saturated rings. The van der Waals surface area contributed by atoms with E-state index in [2.05, 4.69) is 10.0 Å². The lowest BCUT2D eigenvalue weighted by Crippen LogP contribution is -2.20. The van der Waals surface area contributed by atoms with Gasteiger partial charge in [0.05, 0.1) is 11.4 Å². The first kappa shape index (κ1) is 14.8. The Kier molecular flexibility index (Phi) is 4.98. The smallest absolute Gasteiger partial charge is 0.251 e. The van der Waals surface area contributed by atoms with Gasteiger partial charge in [0.15, 0.2) is 0 Å². The summed E-state index contributed by atoms with van der Waals surface area (Å²) in [5, 5.41) is 2.48. The van der Waals surface area contributed by atoms with Crippen molar-refractivity contribution in [1.82, 2.24) is 5.32 Å². The third-order valence-corrected chi connectivity index (χ3v) is 4.02. The number of carbonyl (C=O) groups excluding carboxylic acids is 1. The minimum atomic E-state index is -3.47. The maximum atomic E-state index is 11.6. The fourth-order valence-electron chi connectivity index (χ4n) is 1.34. The molecule has 7 heteroatoms. The van der Waals surface area contributed by atoms with Gasteiger partial charge in [-0.05, 0) is 24.6 Å². The number of aryl methyl sites for hydroxylation is 1.